The van der Waals surface area contributed by atoms with E-state index in [1.165, 1.54) is 0 Å². The first-order valence-electron chi connectivity index (χ1n) is 7.11. The van der Waals surface area contributed by atoms with Crippen molar-refractivity contribution in [2.24, 2.45) is 10.7 Å². The lowest BCUT2D eigenvalue weighted by atomic mass is 10.2. The van der Waals surface area contributed by atoms with Crippen LogP contribution in [0.3, 0.4) is 0 Å². The number of nitrogens with zero attached hydrogens (tertiary/aromatic N) is 3. The highest BCUT2D eigenvalue weighted by Gasteiger charge is 2.15. The average molecular weight is 417 g/mol. The Hall–Kier alpha value is -1.35. The lowest BCUT2D eigenvalue weighted by Gasteiger charge is -2.29. The van der Waals surface area contributed by atoms with Gasteiger partial charge in [0.1, 0.15) is 5.82 Å². The Balaban J connectivity index is 0.00000242. The number of hydrogen-bond acceptors (Lipinski definition) is 4. The lowest BCUT2D eigenvalue weighted by molar-refractivity contribution is 0.122. The van der Waals surface area contributed by atoms with Crippen LogP contribution in [0.2, 0.25) is 0 Å². The van der Waals surface area contributed by atoms with Crippen LogP contribution < -0.4 is 16.0 Å². The minimum atomic E-state index is 0. The molecule has 0 atom stereocenters. The van der Waals surface area contributed by atoms with E-state index < -0.39 is 0 Å². The zero-order valence-corrected chi connectivity index (χ0v) is 15.2. The highest BCUT2D eigenvalue weighted by molar-refractivity contribution is 14.0. The van der Waals surface area contributed by atoms with Crippen molar-refractivity contribution in [3.63, 3.8) is 0 Å². The van der Waals surface area contributed by atoms with Crippen molar-refractivity contribution >= 4 is 35.8 Å². The number of hydrogen-bond donors (Lipinski definition) is 2. The first-order valence-corrected chi connectivity index (χ1v) is 7.11. The summed E-state index contributed by atoms with van der Waals surface area (Å²) in [6.45, 7) is 10.1. The molecule has 0 bridgehead atoms. The van der Waals surface area contributed by atoms with E-state index in [2.05, 4.69) is 26.8 Å². The predicted molar refractivity (Wildman–Crippen MR) is 101 cm³/mol. The molecule has 0 spiro atoms. The van der Waals surface area contributed by atoms with Crippen molar-refractivity contribution in [2.75, 3.05) is 37.7 Å². The minimum absolute atomic E-state index is 0. The van der Waals surface area contributed by atoms with Gasteiger partial charge >= 0.3 is 0 Å². The summed E-state index contributed by atoms with van der Waals surface area (Å²) in [5.41, 5.74) is 7.93. The van der Waals surface area contributed by atoms with Crippen molar-refractivity contribution in [3.05, 3.63) is 36.0 Å². The summed E-state index contributed by atoms with van der Waals surface area (Å²) in [6, 6.07) is 3.96. The molecule has 3 N–H and O–H groups in total. The van der Waals surface area contributed by atoms with E-state index >= 15 is 0 Å². The number of morpholine rings is 1. The molecular formula is C15H24IN5O. The fraction of sp³-hybridized carbons (Fsp3) is 0.467. The average Bonchev–Trinajstić information content (AvgIpc) is 2.52. The summed E-state index contributed by atoms with van der Waals surface area (Å²) in [5, 5.41) is 3.03. The molecule has 7 heteroatoms. The van der Waals surface area contributed by atoms with Gasteiger partial charge in [0.25, 0.3) is 0 Å². The van der Waals surface area contributed by atoms with Crippen LogP contribution in [0, 0.1) is 0 Å². The van der Waals surface area contributed by atoms with E-state index in [9.17, 15) is 0 Å². The van der Waals surface area contributed by atoms with Crippen molar-refractivity contribution in [1.82, 2.24) is 10.3 Å². The number of pyridine rings is 1. The van der Waals surface area contributed by atoms with E-state index in [0.29, 0.717) is 19.0 Å². The molecule has 0 unspecified atom stereocenters. The van der Waals surface area contributed by atoms with Gasteiger partial charge in [-0.1, -0.05) is 18.2 Å². The van der Waals surface area contributed by atoms with Crippen molar-refractivity contribution in [2.45, 2.75) is 13.5 Å². The molecule has 1 aliphatic heterocycles. The van der Waals surface area contributed by atoms with Crippen molar-refractivity contribution < 1.29 is 4.74 Å². The van der Waals surface area contributed by atoms with Gasteiger partial charge in [0.15, 0.2) is 5.96 Å². The Labute approximate surface area is 148 Å². The third-order valence-electron chi connectivity index (χ3n) is 3.17. The Morgan fingerprint density at radius 2 is 2.23 bits per heavy atom. The van der Waals surface area contributed by atoms with Crippen LogP contribution in [0.5, 0.6) is 0 Å². The summed E-state index contributed by atoms with van der Waals surface area (Å²) >= 11 is 0. The SMILES string of the molecule is C=C(C)CNC(N)=NCc1cccnc1N1CCOCC1.I. The molecular weight excluding hydrogens is 393 g/mol. The number of ether oxygens (including phenoxy) is 1. The molecule has 2 rings (SSSR count). The number of anilines is 1. The molecule has 22 heavy (non-hydrogen) atoms. The van der Waals surface area contributed by atoms with Crippen LogP contribution in [0.15, 0.2) is 35.5 Å². The molecule has 1 aliphatic rings. The highest BCUT2D eigenvalue weighted by Crippen LogP contribution is 2.19. The van der Waals surface area contributed by atoms with Gasteiger partial charge in [0.05, 0.1) is 19.8 Å². The van der Waals surface area contributed by atoms with Gasteiger partial charge < -0.3 is 20.7 Å². The molecule has 122 valence electrons. The number of nitrogens with two attached hydrogens (primary N) is 1. The number of aliphatic imine (C=N–C) groups is 1. The predicted octanol–water partition coefficient (Wildman–Crippen LogP) is 1.52. The van der Waals surface area contributed by atoms with E-state index in [0.717, 1.165) is 43.3 Å². The normalized spacial score (nSPS) is 15.1. The monoisotopic (exact) mass is 417 g/mol. The topological polar surface area (TPSA) is 75.8 Å². The summed E-state index contributed by atoms with van der Waals surface area (Å²) in [5.74, 6) is 1.40. The molecule has 2 heterocycles. The van der Waals surface area contributed by atoms with Gasteiger partial charge in [0, 0.05) is 31.4 Å². The molecule has 0 aliphatic carbocycles. The van der Waals surface area contributed by atoms with Gasteiger partial charge in [0.2, 0.25) is 0 Å². The van der Waals surface area contributed by atoms with Gasteiger partial charge in [-0.15, -0.1) is 24.0 Å². The second kappa shape index (κ2) is 9.62. The Morgan fingerprint density at radius 3 is 2.91 bits per heavy atom. The standard InChI is InChI=1S/C15H23N5O.HI/c1-12(2)10-18-15(16)19-11-13-4-3-5-17-14(13)20-6-8-21-9-7-20;/h3-5H,1,6-11H2,2H3,(H3,16,18,19);1H. The molecule has 1 saturated heterocycles. The van der Waals surface area contributed by atoms with Crippen LogP contribution in [-0.2, 0) is 11.3 Å². The number of nitrogens with one attached hydrogen (secondary N) is 1. The molecule has 1 aromatic rings. The summed E-state index contributed by atoms with van der Waals surface area (Å²) in [4.78, 5) is 11.1. The molecule has 0 radical (unpaired) electrons. The van der Waals surface area contributed by atoms with E-state index in [1.807, 2.05) is 19.1 Å². The second-order valence-corrected chi connectivity index (χ2v) is 5.10. The Kier molecular flexibility index (Phi) is 8.18. The summed E-state index contributed by atoms with van der Waals surface area (Å²) in [7, 11) is 0. The Morgan fingerprint density at radius 1 is 1.50 bits per heavy atom. The van der Waals surface area contributed by atoms with Crippen LogP contribution in [0.4, 0.5) is 5.82 Å². The lowest BCUT2D eigenvalue weighted by Crippen LogP contribution is -2.37. The van der Waals surface area contributed by atoms with Crippen molar-refractivity contribution in [1.29, 1.82) is 0 Å². The maximum Gasteiger partial charge on any atom is 0.189 e. The molecule has 1 aromatic heterocycles. The van der Waals surface area contributed by atoms with E-state index in [4.69, 9.17) is 10.5 Å². The third kappa shape index (κ3) is 5.80. The van der Waals surface area contributed by atoms with Gasteiger partial charge in [-0.2, -0.15) is 0 Å². The number of aromatic nitrogens is 1. The number of guanidine groups is 1. The van der Waals surface area contributed by atoms with Gasteiger partial charge in [-0.25, -0.2) is 9.98 Å². The Bertz CT molecular complexity index is 514. The first kappa shape index (κ1) is 18.7. The van der Waals surface area contributed by atoms with Crippen LogP contribution in [0.1, 0.15) is 12.5 Å². The number of rotatable bonds is 5. The maximum absolute atomic E-state index is 5.84. The minimum Gasteiger partial charge on any atom is -0.378 e. The zero-order chi connectivity index (χ0) is 15.1. The van der Waals surface area contributed by atoms with Crippen molar-refractivity contribution in [3.8, 4) is 0 Å². The van der Waals surface area contributed by atoms with Gasteiger partial charge in [-0.3, -0.25) is 0 Å². The third-order valence-corrected chi connectivity index (χ3v) is 3.17. The zero-order valence-electron chi connectivity index (χ0n) is 12.9. The fourth-order valence-electron chi connectivity index (χ4n) is 2.08. The van der Waals surface area contributed by atoms with Crippen LogP contribution in [-0.4, -0.2) is 43.8 Å². The van der Waals surface area contributed by atoms with Gasteiger partial charge in [-0.05, 0) is 13.0 Å². The fourth-order valence-corrected chi connectivity index (χ4v) is 2.08. The summed E-state index contributed by atoms with van der Waals surface area (Å²) in [6.07, 6.45) is 1.81. The van der Waals surface area contributed by atoms with E-state index in [1.54, 1.807) is 6.20 Å². The largest absolute Gasteiger partial charge is 0.378 e. The van der Waals surface area contributed by atoms with E-state index in [-0.39, 0.29) is 24.0 Å². The maximum atomic E-state index is 5.84. The molecule has 1 fully saturated rings. The molecule has 0 aromatic carbocycles. The first-order chi connectivity index (χ1) is 10.2. The smallest absolute Gasteiger partial charge is 0.189 e. The second-order valence-electron chi connectivity index (χ2n) is 5.10. The quantitative estimate of drug-likeness (QED) is 0.329. The molecule has 6 nitrogen and oxygen atoms in total. The number of halogens is 1. The molecule has 0 saturated carbocycles. The van der Waals surface area contributed by atoms with Crippen LogP contribution in [0.25, 0.3) is 0 Å². The summed E-state index contributed by atoms with van der Waals surface area (Å²) < 4.78 is 5.38. The highest BCUT2D eigenvalue weighted by atomic mass is 127. The van der Waals surface area contributed by atoms with Crippen LogP contribution >= 0.6 is 24.0 Å². The molecule has 0 amide bonds.